The van der Waals surface area contributed by atoms with Crippen molar-refractivity contribution in [1.82, 2.24) is 0 Å². The van der Waals surface area contributed by atoms with Crippen LogP contribution in [0.4, 0.5) is 0 Å². The van der Waals surface area contributed by atoms with E-state index in [0.717, 1.165) is 6.08 Å². The first kappa shape index (κ1) is 12.8. The van der Waals surface area contributed by atoms with Gasteiger partial charge < -0.3 is 14.6 Å². The Labute approximate surface area is 98.3 Å². The van der Waals surface area contributed by atoms with E-state index in [-0.39, 0.29) is 0 Å². The van der Waals surface area contributed by atoms with Crippen LogP contribution >= 0.6 is 0 Å². The lowest BCUT2D eigenvalue weighted by Crippen LogP contribution is -1.95. The molecule has 0 unspecified atom stereocenters. The summed E-state index contributed by atoms with van der Waals surface area (Å²) >= 11 is 0. The predicted molar refractivity (Wildman–Crippen MR) is 61.6 cm³/mol. The molecule has 5 nitrogen and oxygen atoms in total. The fourth-order valence-electron chi connectivity index (χ4n) is 1.32. The number of hydrogen-bond donors (Lipinski definition) is 1. The SMILES string of the molecule is COc1cc(C=O)c(/C=C/C(=O)O)cc1OC. The molecular weight excluding hydrogens is 224 g/mol. The molecule has 0 saturated heterocycles. The molecule has 0 radical (unpaired) electrons. The molecule has 0 aliphatic heterocycles. The van der Waals surface area contributed by atoms with Gasteiger partial charge in [0.15, 0.2) is 17.8 Å². The lowest BCUT2D eigenvalue weighted by Gasteiger charge is -2.09. The molecule has 0 bridgehead atoms. The van der Waals surface area contributed by atoms with Gasteiger partial charge in [-0.25, -0.2) is 4.79 Å². The summed E-state index contributed by atoms with van der Waals surface area (Å²) in [7, 11) is 2.92. The van der Waals surface area contributed by atoms with Gasteiger partial charge in [-0.1, -0.05) is 0 Å². The second kappa shape index (κ2) is 5.69. The van der Waals surface area contributed by atoms with Gasteiger partial charge in [0.05, 0.1) is 14.2 Å². The van der Waals surface area contributed by atoms with Gasteiger partial charge >= 0.3 is 5.97 Å². The minimum absolute atomic E-state index is 0.333. The Hall–Kier alpha value is -2.30. The quantitative estimate of drug-likeness (QED) is 0.621. The van der Waals surface area contributed by atoms with Crippen molar-refractivity contribution in [3.63, 3.8) is 0 Å². The maximum absolute atomic E-state index is 10.9. The van der Waals surface area contributed by atoms with E-state index < -0.39 is 5.97 Å². The fraction of sp³-hybridized carbons (Fsp3) is 0.167. The highest BCUT2D eigenvalue weighted by molar-refractivity contribution is 5.89. The summed E-state index contributed by atoms with van der Waals surface area (Å²) < 4.78 is 10.1. The third-order valence-corrected chi connectivity index (χ3v) is 2.12. The first-order chi connectivity index (χ1) is 8.12. The van der Waals surface area contributed by atoms with Gasteiger partial charge in [0.25, 0.3) is 0 Å². The maximum atomic E-state index is 10.9. The van der Waals surface area contributed by atoms with Crippen molar-refractivity contribution >= 4 is 18.3 Å². The van der Waals surface area contributed by atoms with Crippen molar-refractivity contribution in [2.75, 3.05) is 14.2 Å². The maximum Gasteiger partial charge on any atom is 0.328 e. The van der Waals surface area contributed by atoms with Gasteiger partial charge in [0.1, 0.15) is 0 Å². The zero-order valence-corrected chi connectivity index (χ0v) is 9.47. The standard InChI is InChI=1S/C12H12O5/c1-16-10-5-8(3-4-12(14)15)9(7-13)6-11(10)17-2/h3-7H,1-2H3,(H,14,15)/b4-3+. The average Bonchev–Trinajstić information content (AvgIpc) is 2.34. The highest BCUT2D eigenvalue weighted by Gasteiger charge is 2.09. The number of ether oxygens (including phenoxy) is 2. The van der Waals surface area contributed by atoms with Gasteiger partial charge in [0.2, 0.25) is 0 Å². The van der Waals surface area contributed by atoms with E-state index >= 15 is 0 Å². The van der Waals surface area contributed by atoms with Crippen molar-refractivity contribution in [3.8, 4) is 11.5 Å². The van der Waals surface area contributed by atoms with Gasteiger partial charge in [-0.2, -0.15) is 0 Å². The lowest BCUT2D eigenvalue weighted by molar-refractivity contribution is -0.131. The number of aldehydes is 1. The monoisotopic (exact) mass is 236 g/mol. The van der Waals surface area contributed by atoms with E-state index in [0.29, 0.717) is 28.9 Å². The molecule has 5 heteroatoms. The van der Waals surface area contributed by atoms with Crippen molar-refractivity contribution in [2.45, 2.75) is 0 Å². The second-order valence-electron chi connectivity index (χ2n) is 3.13. The number of carboxylic acids is 1. The summed E-state index contributed by atoms with van der Waals surface area (Å²) in [5.74, 6) is -0.234. The smallest absolute Gasteiger partial charge is 0.328 e. The van der Waals surface area contributed by atoms with Crippen LogP contribution in [0.25, 0.3) is 6.08 Å². The highest BCUT2D eigenvalue weighted by atomic mass is 16.5. The molecule has 1 aromatic rings. The van der Waals surface area contributed by atoms with E-state index in [2.05, 4.69) is 0 Å². The largest absolute Gasteiger partial charge is 0.493 e. The Morgan fingerprint density at radius 3 is 2.12 bits per heavy atom. The summed E-state index contributed by atoms with van der Waals surface area (Å²) in [5, 5.41) is 8.53. The van der Waals surface area contributed by atoms with Crippen LogP contribution in [0.3, 0.4) is 0 Å². The predicted octanol–water partition coefficient (Wildman–Crippen LogP) is 1.61. The fourth-order valence-corrected chi connectivity index (χ4v) is 1.32. The van der Waals surface area contributed by atoms with Gasteiger partial charge in [0, 0.05) is 11.6 Å². The van der Waals surface area contributed by atoms with E-state index in [1.54, 1.807) is 6.07 Å². The topological polar surface area (TPSA) is 72.8 Å². The lowest BCUT2D eigenvalue weighted by atomic mass is 10.1. The molecule has 0 heterocycles. The number of aliphatic carboxylic acids is 1. The number of rotatable bonds is 5. The minimum Gasteiger partial charge on any atom is -0.493 e. The number of benzene rings is 1. The molecule has 0 spiro atoms. The third-order valence-electron chi connectivity index (χ3n) is 2.12. The van der Waals surface area contributed by atoms with Crippen LogP contribution in [-0.4, -0.2) is 31.6 Å². The van der Waals surface area contributed by atoms with E-state index in [1.165, 1.54) is 26.4 Å². The Balaban J connectivity index is 3.28. The van der Waals surface area contributed by atoms with Crippen LogP contribution in [0.5, 0.6) is 11.5 Å². The summed E-state index contributed by atoms with van der Waals surface area (Å²) in [6, 6.07) is 3.04. The number of carbonyl (C=O) groups excluding carboxylic acids is 1. The summed E-state index contributed by atoms with van der Waals surface area (Å²) in [6.45, 7) is 0. The summed E-state index contributed by atoms with van der Waals surface area (Å²) in [5.41, 5.74) is 0.792. The Kier molecular flexibility index (Phi) is 4.28. The zero-order valence-electron chi connectivity index (χ0n) is 9.47. The first-order valence-corrected chi connectivity index (χ1v) is 4.74. The Bertz CT molecular complexity index is 462. The van der Waals surface area contributed by atoms with Gasteiger partial charge in [-0.15, -0.1) is 0 Å². The van der Waals surface area contributed by atoms with Crippen LogP contribution in [0.1, 0.15) is 15.9 Å². The van der Waals surface area contributed by atoms with Gasteiger partial charge in [-0.3, -0.25) is 4.79 Å². The molecule has 1 N–H and O–H groups in total. The Morgan fingerprint density at radius 2 is 1.71 bits per heavy atom. The van der Waals surface area contributed by atoms with Gasteiger partial charge in [-0.05, 0) is 23.8 Å². The molecular formula is C12H12O5. The van der Waals surface area contributed by atoms with Crippen LogP contribution in [-0.2, 0) is 4.79 Å². The molecule has 0 fully saturated rings. The highest BCUT2D eigenvalue weighted by Crippen LogP contribution is 2.30. The molecule has 0 aliphatic rings. The number of hydrogen-bond acceptors (Lipinski definition) is 4. The van der Waals surface area contributed by atoms with Crippen LogP contribution in [0.15, 0.2) is 18.2 Å². The molecule has 0 atom stereocenters. The van der Waals surface area contributed by atoms with Crippen molar-refractivity contribution in [3.05, 3.63) is 29.3 Å². The van der Waals surface area contributed by atoms with Crippen LogP contribution in [0, 0.1) is 0 Å². The zero-order chi connectivity index (χ0) is 12.8. The molecule has 0 saturated carbocycles. The van der Waals surface area contributed by atoms with Crippen LogP contribution in [0.2, 0.25) is 0 Å². The van der Waals surface area contributed by atoms with E-state index in [1.807, 2.05) is 0 Å². The molecule has 1 aromatic carbocycles. The molecule has 90 valence electrons. The van der Waals surface area contributed by atoms with E-state index in [4.69, 9.17) is 14.6 Å². The number of methoxy groups -OCH3 is 2. The van der Waals surface area contributed by atoms with Crippen molar-refractivity contribution in [2.24, 2.45) is 0 Å². The molecule has 0 aromatic heterocycles. The molecule has 17 heavy (non-hydrogen) atoms. The number of carbonyl (C=O) groups is 2. The third kappa shape index (κ3) is 3.07. The molecule has 0 aliphatic carbocycles. The van der Waals surface area contributed by atoms with Crippen molar-refractivity contribution in [1.29, 1.82) is 0 Å². The second-order valence-corrected chi connectivity index (χ2v) is 3.13. The van der Waals surface area contributed by atoms with Crippen molar-refractivity contribution < 1.29 is 24.2 Å². The normalized spacial score (nSPS) is 10.2. The number of carboxylic acid groups (broad SMARTS) is 1. The van der Waals surface area contributed by atoms with Crippen LogP contribution < -0.4 is 9.47 Å². The minimum atomic E-state index is -1.09. The summed E-state index contributed by atoms with van der Waals surface area (Å²) in [6.07, 6.45) is 2.91. The Morgan fingerprint density at radius 1 is 1.18 bits per heavy atom. The van der Waals surface area contributed by atoms with E-state index in [9.17, 15) is 9.59 Å². The summed E-state index contributed by atoms with van der Waals surface area (Å²) in [4.78, 5) is 21.3. The first-order valence-electron chi connectivity index (χ1n) is 4.74. The average molecular weight is 236 g/mol. The molecule has 0 amide bonds. The molecule has 1 rings (SSSR count).